The molecule has 3 rings (SSSR count). The first kappa shape index (κ1) is 9.28. The van der Waals surface area contributed by atoms with E-state index in [-0.39, 0.29) is 10.8 Å². The van der Waals surface area contributed by atoms with E-state index >= 15 is 0 Å². The maximum Gasteiger partial charge on any atom is 0.139 e. The van der Waals surface area contributed by atoms with Crippen molar-refractivity contribution in [3.05, 3.63) is 60.2 Å². The molecule has 0 aliphatic rings. The van der Waals surface area contributed by atoms with Gasteiger partial charge in [0.05, 0.1) is 0 Å². The summed E-state index contributed by atoms with van der Waals surface area (Å²) in [5, 5.41) is 1.67. The van der Waals surface area contributed by atoms with Crippen molar-refractivity contribution in [2.75, 3.05) is 0 Å². The number of rotatable bonds is 0. The molecule has 0 saturated heterocycles. The summed E-state index contributed by atoms with van der Waals surface area (Å²) in [6.07, 6.45) is 0. The van der Waals surface area contributed by atoms with Crippen LogP contribution in [0.25, 0.3) is 21.5 Å². The Morgan fingerprint density at radius 3 is 2.69 bits per heavy atom. The molecule has 0 aliphatic carbocycles. The molecular weight excluding hydrogens is 206 g/mol. The summed E-state index contributed by atoms with van der Waals surface area (Å²) >= 11 is 0. The molecule has 2 heteroatoms. The van der Waals surface area contributed by atoms with E-state index in [1.165, 1.54) is 12.1 Å². The van der Waals surface area contributed by atoms with E-state index in [1.807, 2.05) is 0 Å². The van der Waals surface area contributed by atoms with Crippen molar-refractivity contribution in [1.82, 2.24) is 0 Å². The first-order chi connectivity index (χ1) is 7.77. The molecule has 0 aromatic heterocycles. The lowest BCUT2D eigenvalue weighted by atomic mass is 10.0. The van der Waals surface area contributed by atoms with Crippen LogP contribution in [-0.4, -0.2) is 0 Å². The first-order valence-electron chi connectivity index (χ1n) is 4.85. The van der Waals surface area contributed by atoms with Crippen molar-refractivity contribution < 1.29 is 8.78 Å². The molecule has 0 aliphatic heterocycles. The van der Waals surface area contributed by atoms with E-state index in [0.29, 0.717) is 10.8 Å². The molecule has 2 radical (unpaired) electrons. The molecule has 0 atom stereocenters. The molecular formula is C14H6F2. The second kappa shape index (κ2) is 3.27. The highest BCUT2D eigenvalue weighted by Gasteiger charge is 2.09. The third-order valence-corrected chi connectivity index (χ3v) is 2.66. The average Bonchev–Trinajstić information content (AvgIpc) is 2.31. The van der Waals surface area contributed by atoms with Crippen molar-refractivity contribution in [3.63, 3.8) is 0 Å². The minimum Gasteiger partial charge on any atom is -0.206 e. The lowest BCUT2D eigenvalue weighted by Gasteiger charge is -2.04. The summed E-state index contributed by atoms with van der Waals surface area (Å²) in [4.78, 5) is 0. The van der Waals surface area contributed by atoms with E-state index < -0.39 is 11.6 Å². The second-order valence-corrected chi connectivity index (χ2v) is 3.59. The maximum absolute atomic E-state index is 14.0. The molecule has 3 aromatic rings. The van der Waals surface area contributed by atoms with Crippen LogP contribution in [0.15, 0.2) is 36.4 Å². The molecule has 3 aromatic carbocycles. The summed E-state index contributed by atoms with van der Waals surface area (Å²) in [6, 6.07) is 14.7. The summed E-state index contributed by atoms with van der Waals surface area (Å²) in [5.74, 6) is -0.927. The summed E-state index contributed by atoms with van der Waals surface area (Å²) in [6.45, 7) is 0. The zero-order chi connectivity index (χ0) is 11.1. The number of fused-ring (bicyclic) bond motifs is 2. The van der Waals surface area contributed by atoms with Gasteiger partial charge in [0.15, 0.2) is 0 Å². The van der Waals surface area contributed by atoms with Crippen LogP contribution in [0.5, 0.6) is 0 Å². The number of benzene rings is 3. The van der Waals surface area contributed by atoms with Crippen molar-refractivity contribution >= 4 is 21.5 Å². The van der Waals surface area contributed by atoms with E-state index in [0.717, 1.165) is 0 Å². The lowest BCUT2D eigenvalue weighted by Crippen LogP contribution is -1.86. The Morgan fingerprint density at radius 2 is 1.81 bits per heavy atom. The quantitative estimate of drug-likeness (QED) is 0.496. The summed E-state index contributed by atoms with van der Waals surface area (Å²) in [5.41, 5.74) is 0. The molecule has 16 heavy (non-hydrogen) atoms. The van der Waals surface area contributed by atoms with E-state index in [9.17, 15) is 8.78 Å². The van der Waals surface area contributed by atoms with Gasteiger partial charge in [-0.3, -0.25) is 0 Å². The van der Waals surface area contributed by atoms with Gasteiger partial charge in [-0.15, -0.1) is 0 Å². The third kappa shape index (κ3) is 1.20. The van der Waals surface area contributed by atoms with Crippen LogP contribution in [0.4, 0.5) is 8.78 Å². The zero-order valence-electron chi connectivity index (χ0n) is 8.22. The Hall–Kier alpha value is -1.96. The highest BCUT2D eigenvalue weighted by atomic mass is 19.1. The molecule has 0 unspecified atom stereocenters. The van der Waals surface area contributed by atoms with E-state index in [2.05, 4.69) is 12.1 Å². The normalized spacial score (nSPS) is 11.1. The fraction of sp³-hybridized carbons (Fsp3) is 0. The molecule has 0 heterocycles. The van der Waals surface area contributed by atoms with Gasteiger partial charge in [0.25, 0.3) is 0 Å². The van der Waals surface area contributed by atoms with Crippen LogP contribution in [0.1, 0.15) is 0 Å². The summed E-state index contributed by atoms with van der Waals surface area (Å²) < 4.78 is 27.5. The first-order valence-corrected chi connectivity index (χ1v) is 4.85. The van der Waals surface area contributed by atoms with Crippen LogP contribution in [0.2, 0.25) is 0 Å². The topological polar surface area (TPSA) is 0 Å². The molecule has 0 amide bonds. The van der Waals surface area contributed by atoms with Crippen LogP contribution in [0, 0.1) is 23.8 Å². The van der Waals surface area contributed by atoms with Gasteiger partial charge in [0, 0.05) is 22.2 Å². The Balaban J connectivity index is 2.61. The highest BCUT2D eigenvalue weighted by Crippen LogP contribution is 2.28. The largest absolute Gasteiger partial charge is 0.206 e. The molecule has 0 N–H and O–H groups in total. The van der Waals surface area contributed by atoms with Gasteiger partial charge >= 0.3 is 0 Å². The van der Waals surface area contributed by atoms with Crippen molar-refractivity contribution in [3.8, 4) is 0 Å². The van der Waals surface area contributed by atoms with Crippen LogP contribution < -0.4 is 0 Å². The molecule has 0 bridgehead atoms. The zero-order valence-corrected chi connectivity index (χ0v) is 8.22. The molecule has 0 nitrogen and oxygen atoms in total. The predicted octanol–water partition coefficient (Wildman–Crippen LogP) is 3.87. The van der Waals surface area contributed by atoms with Crippen molar-refractivity contribution in [2.45, 2.75) is 0 Å². The minimum absolute atomic E-state index is 0.263. The standard InChI is InChI=1S/C14H6F2/c15-13-7-3-6-11-12(13)8-9-4-1-2-5-10(9)14(11)16/h1,3-6,8H. The Labute approximate surface area is 91.1 Å². The van der Waals surface area contributed by atoms with Crippen LogP contribution >= 0.6 is 0 Å². The van der Waals surface area contributed by atoms with Crippen LogP contribution in [-0.2, 0) is 0 Å². The van der Waals surface area contributed by atoms with Gasteiger partial charge in [-0.25, -0.2) is 8.78 Å². The Morgan fingerprint density at radius 1 is 0.938 bits per heavy atom. The predicted molar refractivity (Wildman–Crippen MR) is 59.0 cm³/mol. The van der Waals surface area contributed by atoms with Crippen molar-refractivity contribution in [1.29, 1.82) is 0 Å². The number of halogens is 2. The van der Waals surface area contributed by atoms with E-state index in [4.69, 9.17) is 0 Å². The molecule has 0 saturated carbocycles. The van der Waals surface area contributed by atoms with Gasteiger partial charge in [0.1, 0.15) is 11.6 Å². The van der Waals surface area contributed by atoms with Gasteiger partial charge in [-0.1, -0.05) is 24.3 Å². The van der Waals surface area contributed by atoms with Gasteiger partial charge in [-0.05, 0) is 23.6 Å². The maximum atomic E-state index is 14.0. The number of hydrogen-bond acceptors (Lipinski definition) is 0. The average molecular weight is 212 g/mol. The summed E-state index contributed by atoms with van der Waals surface area (Å²) in [7, 11) is 0. The van der Waals surface area contributed by atoms with Gasteiger partial charge in [0.2, 0.25) is 0 Å². The number of hydrogen-bond donors (Lipinski definition) is 0. The van der Waals surface area contributed by atoms with E-state index in [1.54, 1.807) is 24.3 Å². The lowest BCUT2D eigenvalue weighted by molar-refractivity contribution is 0.632. The molecule has 0 spiro atoms. The van der Waals surface area contributed by atoms with Crippen LogP contribution in [0.3, 0.4) is 0 Å². The fourth-order valence-corrected chi connectivity index (χ4v) is 1.88. The fourth-order valence-electron chi connectivity index (χ4n) is 1.88. The highest BCUT2D eigenvalue weighted by molar-refractivity contribution is 5.99. The van der Waals surface area contributed by atoms with Gasteiger partial charge in [-0.2, -0.15) is 0 Å². The smallest absolute Gasteiger partial charge is 0.139 e. The van der Waals surface area contributed by atoms with Gasteiger partial charge < -0.3 is 0 Å². The Kier molecular flexibility index (Phi) is 1.90. The third-order valence-electron chi connectivity index (χ3n) is 2.66. The second-order valence-electron chi connectivity index (χ2n) is 3.59. The molecule has 76 valence electrons. The Bertz CT molecular complexity index is 687. The molecule has 0 fully saturated rings. The SMILES string of the molecule is Fc1[c]ccc2c(F)c3c[c]ccc3cc12. The van der Waals surface area contributed by atoms with Crippen molar-refractivity contribution in [2.24, 2.45) is 0 Å². The minimum atomic E-state index is -0.522. The monoisotopic (exact) mass is 212 g/mol.